The van der Waals surface area contributed by atoms with Gasteiger partial charge >= 0.3 is 5.97 Å². The zero-order chi connectivity index (χ0) is 13.7. The Labute approximate surface area is 108 Å². The van der Waals surface area contributed by atoms with Crippen LogP contribution in [-0.2, 0) is 16.1 Å². The van der Waals surface area contributed by atoms with E-state index in [-0.39, 0.29) is 12.0 Å². The number of rotatable bonds is 6. The van der Waals surface area contributed by atoms with Gasteiger partial charge in [-0.3, -0.25) is 9.89 Å². The minimum absolute atomic E-state index is 0.206. The first-order valence-electron chi connectivity index (χ1n) is 6.27. The first-order chi connectivity index (χ1) is 8.45. The van der Waals surface area contributed by atoms with Crippen LogP contribution in [0.2, 0.25) is 0 Å². The van der Waals surface area contributed by atoms with Gasteiger partial charge in [-0.25, -0.2) is 0 Å². The Morgan fingerprint density at radius 2 is 2.11 bits per heavy atom. The molecule has 102 valence electrons. The van der Waals surface area contributed by atoms with E-state index >= 15 is 0 Å². The summed E-state index contributed by atoms with van der Waals surface area (Å²) >= 11 is 0. The van der Waals surface area contributed by atoms with Crippen molar-refractivity contribution in [1.82, 2.24) is 15.5 Å². The molecule has 5 nitrogen and oxygen atoms in total. The number of esters is 1. The maximum Gasteiger partial charge on any atom is 0.322 e. The number of methoxy groups -OCH3 is 1. The lowest BCUT2D eigenvalue weighted by molar-refractivity contribution is -0.143. The minimum Gasteiger partial charge on any atom is -0.468 e. The lowest BCUT2D eigenvalue weighted by Crippen LogP contribution is -2.38. The monoisotopic (exact) mass is 253 g/mol. The van der Waals surface area contributed by atoms with E-state index in [1.165, 1.54) is 7.11 Å². The number of carbonyl (C=O) groups is 1. The molecule has 18 heavy (non-hydrogen) atoms. The average molecular weight is 253 g/mol. The van der Waals surface area contributed by atoms with Gasteiger partial charge in [-0.2, -0.15) is 5.10 Å². The molecule has 0 saturated heterocycles. The molecule has 0 bridgehead atoms. The highest BCUT2D eigenvalue weighted by atomic mass is 16.5. The van der Waals surface area contributed by atoms with Gasteiger partial charge in [-0.1, -0.05) is 13.8 Å². The van der Waals surface area contributed by atoms with Crippen LogP contribution in [0.25, 0.3) is 0 Å². The molecule has 0 fully saturated rings. The average Bonchev–Trinajstić information content (AvgIpc) is 2.63. The van der Waals surface area contributed by atoms with Gasteiger partial charge in [0.25, 0.3) is 0 Å². The molecule has 0 amide bonds. The van der Waals surface area contributed by atoms with Crippen LogP contribution in [0.5, 0.6) is 0 Å². The smallest absolute Gasteiger partial charge is 0.322 e. The van der Waals surface area contributed by atoms with Gasteiger partial charge in [0.1, 0.15) is 6.04 Å². The van der Waals surface area contributed by atoms with Gasteiger partial charge in [0.05, 0.1) is 12.8 Å². The summed E-state index contributed by atoms with van der Waals surface area (Å²) in [6.07, 6.45) is 0.766. The van der Waals surface area contributed by atoms with E-state index in [1.807, 2.05) is 13.8 Å². The molecule has 0 saturated carbocycles. The second kappa shape index (κ2) is 6.54. The van der Waals surface area contributed by atoms with Gasteiger partial charge in [0.2, 0.25) is 0 Å². The number of aromatic nitrogens is 2. The quantitative estimate of drug-likeness (QED) is 0.757. The summed E-state index contributed by atoms with van der Waals surface area (Å²) in [6, 6.07) is -0.260. The highest BCUT2D eigenvalue weighted by Crippen LogP contribution is 2.11. The topological polar surface area (TPSA) is 67.0 Å². The fourth-order valence-corrected chi connectivity index (χ4v) is 1.94. The van der Waals surface area contributed by atoms with Gasteiger partial charge in [-0.05, 0) is 26.2 Å². The summed E-state index contributed by atoms with van der Waals surface area (Å²) in [5, 5.41) is 10.3. The highest BCUT2D eigenvalue weighted by Gasteiger charge is 2.20. The molecule has 1 aromatic heterocycles. The van der Waals surface area contributed by atoms with Gasteiger partial charge < -0.3 is 10.1 Å². The fraction of sp³-hybridized carbons (Fsp3) is 0.692. The van der Waals surface area contributed by atoms with Crippen molar-refractivity contribution < 1.29 is 9.53 Å². The third-order valence-electron chi connectivity index (χ3n) is 3.00. The van der Waals surface area contributed by atoms with Crippen molar-refractivity contribution >= 4 is 5.97 Å². The van der Waals surface area contributed by atoms with Crippen LogP contribution in [-0.4, -0.2) is 29.3 Å². The van der Waals surface area contributed by atoms with Crippen molar-refractivity contribution in [2.24, 2.45) is 5.92 Å². The summed E-state index contributed by atoms with van der Waals surface area (Å²) in [6.45, 7) is 8.74. The third kappa shape index (κ3) is 3.84. The Morgan fingerprint density at radius 1 is 1.44 bits per heavy atom. The molecule has 1 unspecified atom stereocenters. The Bertz CT molecular complexity index is 379. The summed E-state index contributed by atoms with van der Waals surface area (Å²) in [5.41, 5.74) is 3.12. The molecule has 1 atom stereocenters. The van der Waals surface area contributed by atoms with Crippen molar-refractivity contribution in [1.29, 1.82) is 0 Å². The van der Waals surface area contributed by atoms with E-state index in [4.69, 9.17) is 4.74 Å². The van der Waals surface area contributed by atoms with Gasteiger partial charge in [-0.15, -0.1) is 0 Å². The zero-order valence-electron chi connectivity index (χ0n) is 11.8. The second-order valence-corrected chi connectivity index (χ2v) is 5.00. The van der Waals surface area contributed by atoms with Crippen LogP contribution in [0, 0.1) is 19.8 Å². The lowest BCUT2D eigenvalue weighted by Gasteiger charge is -2.18. The lowest BCUT2D eigenvalue weighted by atomic mass is 10.0. The van der Waals surface area contributed by atoms with E-state index in [9.17, 15) is 4.79 Å². The van der Waals surface area contributed by atoms with Crippen molar-refractivity contribution in [3.63, 3.8) is 0 Å². The molecular formula is C13H23N3O2. The number of nitrogens with one attached hydrogen (secondary N) is 2. The fourth-order valence-electron chi connectivity index (χ4n) is 1.94. The Morgan fingerprint density at radius 3 is 2.56 bits per heavy atom. The van der Waals surface area contributed by atoms with Crippen LogP contribution in [0.3, 0.4) is 0 Å². The molecule has 0 radical (unpaired) electrons. The first kappa shape index (κ1) is 14.7. The van der Waals surface area contributed by atoms with Crippen LogP contribution < -0.4 is 5.32 Å². The summed E-state index contributed by atoms with van der Waals surface area (Å²) in [7, 11) is 1.42. The molecule has 0 spiro atoms. The molecule has 0 aliphatic heterocycles. The number of aromatic amines is 1. The molecule has 2 N–H and O–H groups in total. The maximum atomic E-state index is 11.7. The molecule has 0 aliphatic carbocycles. The van der Waals surface area contributed by atoms with Gasteiger partial charge in [0.15, 0.2) is 0 Å². The summed E-state index contributed by atoms with van der Waals surface area (Å²) < 4.78 is 4.82. The number of H-pyrrole nitrogens is 1. The van der Waals surface area contributed by atoms with Crippen LogP contribution in [0.1, 0.15) is 37.2 Å². The number of nitrogens with zero attached hydrogens (tertiary/aromatic N) is 1. The van der Waals surface area contributed by atoms with E-state index in [1.54, 1.807) is 0 Å². The first-order valence-corrected chi connectivity index (χ1v) is 6.27. The van der Waals surface area contributed by atoms with E-state index in [0.717, 1.165) is 23.4 Å². The number of aryl methyl sites for hydroxylation is 2. The molecular weight excluding hydrogens is 230 g/mol. The summed E-state index contributed by atoms with van der Waals surface area (Å²) in [4.78, 5) is 11.7. The van der Waals surface area contributed by atoms with Crippen LogP contribution in [0.4, 0.5) is 0 Å². The third-order valence-corrected chi connectivity index (χ3v) is 3.00. The Hall–Kier alpha value is -1.36. The van der Waals surface area contributed by atoms with Crippen molar-refractivity contribution in [2.75, 3.05) is 7.11 Å². The number of carbonyl (C=O) groups excluding carboxylic acids is 1. The normalized spacial score (nSPS) is 12.8. The largest absolute Gasteiger partial charge is 0.468 e. The Balaban J connectivity index is 2.64. The maximum absolute atomic E-state index is 11.7. The van der Waals surface area contributed by atoms with Gasteiger partial charge in [0, 0.05) is 17.8 Å². The van der Waals surface area contributed by atoms with E-state index < -0.39 is 0 Å². The molecule has 0 aliphatic rings. The SMILES string of the molecule is COC(=O)C(CC(C)C)NCc1c(C)n[nH]c1C. The number of hydrogen-bond acceptors (Lipinski definition) is 4. The van der Waals surface area contributed by atoms with E-state index in [0.29, 0.717) is 12.5 Å². The standard InChI is InChI=1S/C13H23N3O2/c1-8(2)6-12(13(17)18-5)14-7-11-9(3)15-16-10(11)4/h8,12,14H,6-7H2,1-5H3,(H,15,16). The molecule has 1 heterocycles. The molecule has 0 aromatic carbocycles. The predicted molar refractivity (Wildman–Crippen MR) is 70.2 cm³/mol. The van der Waals surface area contributed by atoms with Crippen LogP contribution >= 0.6 is 0 Å². The van der Waals surface area contributed by atoms with Crippen molar-refractivity contribution in [3.8, 4) is 0 Å². The zero-order valence-corrected chi connectivity index (χ0v) is 11.8. The Kier molecular flexibility index (Phi) is 5.34. The molecule has 1 aromatic rings. The summed E-state index contributed by atoms with van der Waals surface area (Å²) in [5.74, 6) is 0.232. The number of ether oxygens (including phenoxy) is 1. The minimum atomic E-state index is -0.260. The highest BCUT2D eigenvalue weighted by molar-refractivity contribution is 5.75. The van der Waals surface area contributed by atoms with Crippen molar-refractivity contribution in [2.45, 2.75) is 46.7 Å². The van der Waals surface area contributed by atoms with E-state index in [2.05, 4.69) is 29.4 Å². The molecule has 1 rings (SSSR count). The molecule has 5 heteroatoms. The van der Waals surface area contributed by atoms with Crippen LogP contribution in [0.15, 0.2) is 0 Å². The van der Waals surface area contributed by atoms with Crippen molar-refractivity contribution in [3.05, 3.63) is 17.0 Å². The number of hydrogen-bond donors (Lipinski definition) is 2. The predicted octanol–water partition coefficient (Wildman–Crippen LogP) is 1.70. The second-order valence-electron chi connectivity index (χ2n) is 5.00.